The monoisotopic (exact) mass is 231 g/mol. The summed E-state index contributed by atoms with van der Waals surface area (Å²) in [7, 11) is 0. The molecule has 1 heteroatoms. The molecule has 0 spiro atoms. The van der Waals surface area contributed by atoms with Crippen LogP contribution in [0.3, 0.4) is 0 Å². The fourth-order valence-electron chi connectivity index (χ4n) is 1.26. The Labute approximate surface area is 86.4 Å². The molecule has 13 heavy (non-hydrogen) atoms. The molecule has 0 fully saturated rings. The van der Waals surface area contributed by atoms with E-state index in [9.17, 15) is 0 Å². The SMILES string of the molecule is Brc1ccccc1-c1cc[c]cc1. The summed E-state index contributed by atoms with van der Waals surface area (Å²) >= 11 is 3.52. The molecule has 0 N–H and O–H groups in total. The van der Waals surface area contributed by atoms with Crippen LogP contribution in [-0.2, 0) is 0 Å². The molecule has 0 aliphatic heterocycles. The topological polar surface area (TPSA) is 0 Å². The van der Waals surface area contributed by atoms with Crippen LogP contribution in [0.1, 0.15) is 0 Å². The highest BCUT2D eigenvalue weighted by Gasteiger charge is 1.99. The second-order valence-corrected chi connectivity index (χ2v) is 3.62. The number of hydrogen-bond acceptors (Lipinski definition) is 0. The normalized spacial score (nSPS) is 9.92. The van der Waals surface area contributed by atoms with E-state index in [1.54, 1.807) is 0 Å². The van der Waals surface area contributed by atoms with Crippen molar-refractivity contribution in [2.45, 2.75) is 0 Å². The van der Waals surface area contributed by atoms with Gasteiger partial charge >= 0.3 is 0 Å². The van der Waals surface area contributed by atoms with Crippen LogP contribution >= 0.6 is 15.9 Å². The first-order valence-electron chi connectivity index (χ1n) is 4.09. The molecule has 0 heterocycles. The van der Waals surface area contributed by atoms with Crippen molar-refractivity contribution in [2.75, 3.05) is 0 Å². The minimum Gasteiger partial charge on any atom is -0.0616 e. The average Bonchev–Trinajstić information content (AvgIpc) is 2.20. The predicted octanol–water partition coefficient (Wildman–Crippen LogP) is 3.92. The van der Waals surface area contributed by atoms with Gasteiger partial charge in [-0.25, -0.2) is 0 Å². The summed E-state index contributed by atoms with van der Waals surface area (Å²) in [5, 5.41) is 0. The maximum atomic E-state index is 3.52. The first-order chi connectivity index (χ1) is 6.38. The van der Waals surface area contributed by atoms with Crippen molar-refractivity contribution in [1.82, 2.24) is 0 Å². The molecule has 1 radical (unpaired) electrons. The van der Waals surface area contributed by atoms with Crippen molar-refractivity contribution in [3.63, 3.8) is 0 Å². The standard InChI is InChI=1S/C12H8Br/c13-12-9-5-4-8-11(12)10-6-2-1-3-7-10/h2-9H. The zero-order valence-corrected chi connectivity index (χ0v) is 8.58. The summed E-state index contributed by atoms with van der Waals surface area (Å²) in [6, 6.07) is 19.2. The highest BCUT2D eigenvalue weighted by molar-refractivity contribution is 9.10. The lowest BCUT2D eigenvalue weighted by molar-refractivity contribution is 1.58. The Hall–Kier alpha value is -1.08. The molecule has 2 aromatic carbocycles. The van der Waals surface area contributed by atoms with Crippen LogP contribution in [0.25, 0.3) is 11.1 Å². The Bertz CT molecular complexity index is 393. The fraction of sp³-hybridized carbons (Fsp3) is 0. The lowest BCUT2D eigenvalue weighted by Gasteiger charge is -2.02. The first kappa shape index (κ1) is 8.52. The van der Waals surface area contributed by atoms with Crippen molar-refractivity contribution in [2.24, 2.45) is 0 Å². The lowest BCUT2D eigenvalue weighted by Crippen LogP contribution is -1.77. The molecular formula is C12H8Br. The Morgan fingerprint density at radius 3 is 2.31 bits per heavy atom. The van der Waals surface area contributed by atoms with Gasteiger partial charge < -0.3 is 0 Å². The van der Waals surface area contributed by atoms with E-state index in [0.717, 1.165) is 4.47 Å². The number of rotatable bonds is 1. The van der Waals surface area contributed by atoms with Gasteiger partial charge in [-0.2, -0.15) is 0 Å². The van der Waals surface area contributed by atoms with Crippen LogP contribution in [-0.4, -0.2) is 0 Å². The molecule has 2 rings (SSSR count). The third kappa shape index (κ3) is 1.81. The zero-order valence-electron chi connectivity index (χ0n) is 7.00. The van der Waals surface area contributed by atoms with Crippen molar-refractivity contribution in [1.29, 1.82) is 0 Å². The Morgan fingerprint density at radius 2 is 1.62 bits per heavy atom. The first-order valence-corrected chi connectivity index (χ1v) is 4.88. The highest BCUT2D eigenvalue weighted by atomic mass is 79.9. The van der Waals surface area contributed by atoms with Gasteiger partial charge in [-0.1, -0.05) is 58.4 Å². The summed E-state index contributed by atoms with van der Waals surface area (Å²) in [5.74, 6) is 0. The summed E-state index contributed by atoms with van der Waals surface area (Å²) < 4.78 is 1.13. The third-order valence-electron chi connectivity index (χ3n) is 1.90. The zero-order chi connectivity index (χ0) is 9.10. The van der Waals surface area contributed by atoms with Gasteiger partial charge in [-0.05, 0) is 23.3 Å². The lowest BCUT2D eigenvalue weighted by atomic mass is 10.1. The van der Waals surface area contributed by atoms with E-state index in [-0.39, 0.29) is 0 Å². The van der Waals surface area contributed by atoms with Crippen molar-refractivity contribution < 1.29 is 0 Å². The second-order valence-electron chi connectivity index (χ2n) is 2.77. The van der Waals surface area contributed by atoms with Gasteiger partial charge in [0.2, 0.25) is 0 Å². The van der Waals surface area contributed by atoms with Gasteiger partial charge in [-0.15, -0.1) is 0 Å². The van der Waals surface area contributed by atoms with E-state index in [1.807, 2.05) is 30.3 Å². The van der Waals surface area contributed by atoms with E-state index in [1.165, 1.54) is 11.1 Å². The van der Waals surface area contributed by atoms with E-state index >= 15 is 0 Å². The highest BCUT2D eigenvalue weighted by Crippen LogP contribution is 2.26. The smallest absolute Gasteiger partial charge is 0.0253 e. The van der Waals surface area contributed by atoms with Crippen LogP contribution in [0.15, 0.2) is 53.0 Å². The van der Waals surface area contributed by atoms with E-state index in [4.69, 9.17) is 0 Å². The van der Waals surface area contributed by atoms with Crippen molar-refractivity contribution >= 4 is 15.9 Å². The van der Waals surface area contributed by atoms with Crippen LogP contribution in [0, 0.1) is 6.07 Å². The Kier molecular flexibility index (Phi) is 2.46. The molecule has 2 aromatic rings. The minimum atomic E-state index is 1.13. The van der Waals surface area contributed by atoms with Crippen molar-refractivity contribution in [3.8, 4) is 11.1 Å². The van der Waals surface area contributed by atoms with Crippen molar-refractivity contribution in [3.05, 3.63) is 59.1 Å². The summed E-state index contributed by atoms with van der Waals surface area (Å²) in [5.41, 5.74) is 2.43. The third-order valence-corrected chi connectivity index (χ3v) is 2.59. The predicted molar refractivity (Wildman–Crippen MR) is 58.4 cm³/mol. The van der Waals surface area contributed by atoms with Crippen LogP contribution in [0.5, 0.6) is 0 Å². The molecule has 0 aliphatic rings. The van der Waals surface area contributed by atoms with Gasteiger partial charge in [0.25, 0.3) is 0 Å². The molecular weight excluding hydrogens is 224 g/mol. The maximum Gasteiger partial charge on any atom is 0.0253 e. The van der Waals surface area contributed by atoms with Crippen LogP contribution in [0.2, 0.25) is 0 Å². The maximum absolute atomic E-state index is 3.52. The molecule has 0 saturated carbocycles. The summed E-state index contributed by atoms with van der Waals surface area (Å²) in [4.78, 5) is 0. The summed E-state index contributed by atoms with van der Waals surface area (Å²) in [6.07, 6.45) is 0. The van der Waals surface area contributed by atoms with Gasteiger partial charge in [0, 0.05) is 4.47 Å². The van der Waals surface area contributed by atoms with Crippen LogP contribution < -0.4 is 0 Å². The van der Waals surface area contributed by atoms with E-state index in [0.29, 0.717) is 0 Å². The number of halogens is 1. The van der Waals surface area contributed by atoms with Gasteiger partial charge in [0.05, 0.1) is 0 Å². The number of hydrogen-bond donors (Lipinski definition) is 0. The minimum absolute atomic E-state index is 1.13. The molecule has 0 nitrogen and oxygen atoms in total. The molecule has 0 saturated heterocycles. The molecule has 0 aliphatic carbocycles. The Balaban J connectivity index is 2.54. The molecule has 0 bridgehead atoms. The molecule has 0 amide bonds. The largest absolute Gasteiger partial charge is 0.0616 e. The second kappa shape index (κ2) is 3.75. The molecule has 0 unspecified atom stereocenters. The van der Waals surface area contributed by atoms with Gasteiger partial charge in [-0.3, -0.25) is 0 Å². The number of benzene rings is 2. The van der Waals surface area contributed by atoms with Crippen LogP contribution in [0.4, 0.5) is 0 Å². The van der Waals surface area contributed by atoms with Gasteiger partial charge in [0.1, 0.15) is 0 Å². The molecule has 63 valence electrons. The molecule has 0 aromatic heterocycles. The van der Waals surface area contributed by atoms with E-state index < -0.39 is 0 Å². The average molecular weight is 232 g/mol. The fourth-order valence-corrected chi connectivity index (χ4v) is 1.78. The quantitative estimate of drug-likeness (QED) is 0.699. The van der Waals surface area contributed by atoms with Gasteiger partial charge in [0.15, 0.2) is 0 Å². The Morgan fingerprint density at radius 1 is 0.923 bits per heavy atom. The molecule has 0 atom stereocenters. The summed E-state index contributed by atoms with van der Waals surface area (Å²) in [6.45, 7) is 0. The van der Waals surface area contributed by atoms with E-state index in [2.05, 4.69) is 40.2 Å².